The maximum atomic E-state index is 12.7. The average Bonchev–Trinajstić information content (AvgIpc) is 3.29. The fourth-order valence-electron chi connectivity index (χ4n) is 3.72. The number of imidazole rings is 1. The fourth-order valence-corrected chi connectivity index (χ4v) is 3.72. The molecule has 0 amide bonds. The van der Waals surface area contributed by atoms with E-state index in [1.54, 1.807) is 56.7 Å². The van der Waals surface area contributed by atoms with Gasteiger partial charge in [-0.3, -0.25) is 14.3 Å². The minimum atomic E-state index is -1.03. The van der Waals surface area contributed by atoms with Crippen LogP contribution < -0.4 is 35.6 Å². The molecule has 1 atom stereocenters. The molecule has 13 nitrogen and oxygen atoms in total. The molecule has 0 spiro atoms. The number of nitrogens with one attached hydrogen (secondary N) is 2. The summed E-state index contributed by atoms with van der Waals surface area (Å²) < 4.78 is 24.0. The number of nitrogens with zero attached hydrogens (tertiary/aromatic N) is 4. The smallest absolute Gasteiger partial charge is 0.329 e. The zero-order chi connectivity index (χ0) is 27.2. The number of hydrazone groups is 1. The predicted molar refractivity (Wildman–Crippen MR) is 141 cm³/mol. The van der Waals surface area contributed by atoms with Gasteiger partial charge in [-0.2, -0.15) is 10.1 Å². The molecule has 0 aliphatic carbocycles. The van der Waals surface area contributed by atoms with Gasteiger partial charge in [0.2, 0.25) is 5.95 Å². The standard InChI is InChI=1S/C25H28N6O7/c1-30-22-21(23(33)28-25(30)34)31(13-16(32)14-38-18-8-6-17(35-2)7-9-18)24(27-22)29-26-12-15-5-10-19(36-3)20(11-15)37-4/h5-12,16,32H,13-14H2,1-4H3,(H,27,29)(H,28,33,34)/b26-12-/t16-/m1/s1. The van der Waals surface area contributed by atoms with Gasteiger partial charge in [-0.1, -0.05) is 0 Å². The lowest BCUT2D eigenvalue weighted by Gasteiger charge is -2.15. The van der Waals surface area contributed by atoms with E-state index >= 15 is 0 Å². The number of aromatic nitrogens is 4. The van der Waals surface area contributed by atoms with Crippen molar-refractivity contribution in [1.82, 2.24) is 19.1 Å². The molecule has 0 aliphatic rings. The number of hydrogen-bond acceptors (Lipinski definition) is 10. The van der Waals surface area contributed by atoms with Crippen LogP contribution in [0.5, 0.6) is 23.0 Å². The molecule has 200 valence electrons. The summed E-state index contributed by atoms with van der Waals surface area (Å²) in [6.07, 6.45) is 0.500. The van der Waals surface area contributed by atoms with Crippen LogP contribution in [0.1, 0.15) is 5.56 Å². The molecule has 0 fully saturated rings. The van der Waals surface area contributed by atoms with Gasteiger partial charge in [-0.25, -0.2) is 10.2 Å². The molecule has 4 aromatic rings. The number of benzene rings is 2. The molecule has 38 heavy (non-hydrogen) atoms. The number of aliphatic hydroxyl groups excluding tert-OH is 1. The third-order valence-electron chi connectivity index (χ3n) is 5.69. The summed E-state index contributed by atoms with van der Waals surface area (Å²) in [6, 6.07) is 12.2. The molecule has 0 bridgehead atoms. The van der Waals surface area contributed by atoms with E-state index in [2.05, 4.69) is 20.5 Å². The molecule has 2 aromatic carbocycles. The fraction of sp³-hybridized carbons (Fsp3) is 0.280. The number of aryl methyl sites for hydroxylation is 1. The topological polar surface area (TPSA) is 154 Å². The maximum absolute atomic E-state index is 12.7. The molecule has 0 unspecified atom stereocenters. The van der Waals surface area contributed by atoms with Crippen LogP contribution in [-0.2, 0) is 13.6 Å². The Bertz CT molecular complexity index is 1560. The number of H-pyrrole nitrogens is 1. The first-order valence-electron chi connectivity index (χ1n) is 11.5. The molecule has 0 radical (unpaired) electrons. The van der Waals surface area contributed by atoms with Gasteiger partial charge in [0.25, 0.3) is 5.56 Å². The van der Waals surface area contributed by atoms with E-state index < -0.39 is 17.4 Å². The van der Waals surface area contributed by atoms with Crippen LogP contribution in [-0.4, -0.2) is 64.5 Å². The van der Waals surface area contributed by atoms with Gasteiger partial charge in [0, 0.05) is 7.05 Å². The van der Waals surface area contributed by atoms with E-state index in [0.29, 0.717) is 28.6 Å². The summed E-state index contributed by atoms with van der Waals surface area (Å²) >= 11 is 0. The van der Waals surface area contributed by atoms with Crippen LogP contribution in [0.15, 0.2) is 57.2 Å². The average molecular weight is 525 g/mol. The van der Waals surface area contributed by atoms with Crippen molar-refractivity contribution in [2.45, 2.75) is 12.6 Å². The Hall–Kier alpha value is -4.78. The molecule has 4 rings (SSSR count). The number of rotatable bonds is 11. The summed E-state index contributed by atoms with van der Waals surface area (Å²) in [6.45, 7) is -0.133. The van der Waals surface area contributed by atoms with E-state index in [4.69, 9.17) is 18.9 Å². The SMILES string of the molecule is COc1ccc(OC[C@H](O)Cn2c(N/N=C\c3ccc(OC)c(OC)c3)nc3c2c(=O)[nH]c(=O)n3C)cc1. The monoisotopic (exact) mass is 524 g/mol. The highest BCUT2D eigenvalue weighted by atomic mass is 16.5. The third-order valence-corrected chi connectivity index (χ3v) is 5.69. The second-order valence-electron chi connectivity index (χ2n) is 8.16. The third kappa shape index (κ3) is 5.62. The summed E-state index contributed by atoms with van der Waals surface area (Å²) in [5.74, 6) is 2.47. The lowest BCUT2D eigenvalue weighted by molar-refractivity contribution is 0.0938. The van der Waals surface area contributed by atoms with Crippen molar-refractivity contribution < 1.29 is 24.1 Å². The van der Waals surface area contributed by atoms with Gasteiger partial charge in [0.05, 0.1) is 34.1 Å². The number of ether oxygens (including phenoxy) is 4. The quantitative estimate of drug-likeness (QED) is 0.195. The number of fused-ring (bicyclic) bond motifs is 1. The van der Waals surface area contributed by atoms with Crippen LogP contribution in [0.4, 0.5) is 5.95 Å². The van der Waals surface area contributed by atoms with E-state index in [9.17, 15) is 14.7 Å². The van der Waals surface area contributed by atoms with Crippen molar-refractivity contribution in [3.63, 3.8) is 0 Å². The van der Waals surface area contributed by atoms with Crippen LogP contribution in [0.2, 0.25) is 0 Å². The second kappa shape index (κ2) is 11.5. The number of hydrogen-bond donors (Lipinski definition) is 3. The van der Waals surface area contributed by atoms with Crippen molar-refractivity contribution in [2.75, 3.05) is 33.4 Å². The van der Waals surface area contributed by atoms with Crippen LogP contribution in [0, 0.1) is 0 Å². The Labute approximate surface area is 216 Å². The molecular weight excluding hydrogens is 496 g/mol. The Kier molecular flexibility index (Phi) is 7.97. The van der Waals surface area contributed by atoms with Crippen LogP contribution >= 0.6 is 0 Å². The molecule has 13 heteroatoms. The predicted octanol–water partition coefficient (Wildman–Crippen LogP) is 1.33. The Morgan fingerprint density at radius 3 is 2.45 bits per heavy atom. The van der Waals surface area contributed by atoms with Gasteiger partial charge in [0.15, 0.2) is 22.7 Å². The lowest BCUT2D eigenvalue weighted by atomic mass is 10.2. The molecule has 0 saturated carbocycles. The molecule has 0 saturated heterocycles. The summed E-state index contributed by atoms with van der Waals surface area (Å²) in [7, 11) is 6.13. The first-order chi connectivity index (χ1) is 18.3. The minimum absolute atomic E-state index is 0.0655. The zero-order valence-electron chi connectivity index (χ0n) is 21.3. The Morgan fingerprint density at radius 2 is 1.76 bits per heavy atom. The summed E-state index contributed by atoms with van der Waals surface area (Å²) in [5.41, 5.74) is 2.47. The van der Waals surface area contributed by atoms with Crippen molar-refractivity contribution >= 4 is 23.3 Å². The molecule has 0 aliphatic heterocycles. The molecular formula is C25H28N6O7. The second-order valence-corrected chi connectivity index (χ2v) is 8.16. The molecule has 3 N–H and O–H groups in total. The van der Waals surface area contributed by atoms with E-state index in [-0.39, 0.29) is 30.3 Å². The Balaban J connectivity index is 1.59. The largest absolute Gasteiger partial charge is 0.497 e. The number of methoxy groups -OCH3 is 3. The first-order valence-corrected chi connectivity index (χ1v) is 11.5. The van der Waals surface area contributed by atoms with Crippen LogP contribution in [0.25, 0.3) is 11.2 Å². The van der Waals surface area contributed by atoms with Crippen molar-refractivity contribution in [2.24, 2.45) is 12.1 Å². The maximum Gasteiger partial charge on any atom is 0.329 e. The number of aromatic amines is 1. The van der Waals surface area contributed by atoms with E-state index in [1.165, 1.54) is 29.5 Å². The van der Waals surface area contributed by atoms with E-state index in [1.807, 2.05) is 0 Å². The highest BCUT2D eigenvalue weighted by Gasteiger charge is 2.20. The van der Waals surface area contributed by atoms with Gasteiger partial charge in [-0.05, 0) is 48.0 Å². The van der Waals surface area contributed by atoms with Gasteiger partial charge >= 0.3 is 5.69 Å². The Morgan fingerprint density at radius 1 is 1.05 bits per heavy atom. The zero-order valence-corrected chi connectivity index (χ0v) is 21.3. The molecule has 2 heterocycles. The molecule has 2 aromatic heterocycles. The van der Waals surface area contributed by atoms with Crippen molar-refractivity contribution in [3.8, 4) is 23.0 Å². The normalized spacial score (nSPS) is 12.0. The summed E-state index contributed by atoms with van der Waals surface area (Å²) in [4.78, 5) is 31.5. The van der Waals surface area contributed by atoms with Crippen molar-refractivity contribution in [1.29, 1.82) is 0 Å². The van der Waals surface area contributed by atoms with Gasteiger partial charge in [0.1, 0.15) is 24.2 Å². The first kappa shape index (κ1) is 26.3. The van der Waals surface area contributed by atoms with Crippen molar-refractivity contribution in [3.05, 3.63) is 68.9 Å². The van der Waals surface area contributed by atoms with Crippen LogP contribution in [0.3, 0.4) is 0 Å². The van der Waals surface area contributed by atoms with Gasteiger partial charge in [-0.15, -0.1) is 0 Å². The number of anilines is 1. The highest BCUT2D eigenvalue weighted by molar-refractivity contribution is 5.82. The lowest BCUT2D eigenvalue weighted by Crippen LogP contribution is -2.30. The number of aliphatic hydroxyl groups is 1. The summed E-state index contributed by atoms with van der Waals surface area (Å²) in [5, 5.41) is 14.9. The van der Waals surface area contributed by atoms with E-state index in [0.717, 1.165) is 0 Å². The highest BCUT2D eigenvalue weighted by Crippen LogP contribution is 2.27. The minimum Gasteiger partial charge on any atom is -0.497 e. The van der Waals surface area contributed by atoms with Gasteiger partial charge < -0.3 is 28.6 Å².